The minimum absolute atomic E-state index is 0.0917. The first kappa shape index (κ1) is 22.0. The SMILES string of the molecule is CCn1c(=O)c2ccccc2n2c(CSc3ccc(S(=O)(=O)N4CCOCC4)cn3)nnc12. The van der Waals surface area contributed by atoms with Crippen molar-refractivity contribution in [2.75, 3.05) is 26.3 Å². The fraction of sp³-hybridized carbons (Fsp3) is 0.333. The van der Waals surface area contributed by atoms with Crippen molar-refractivity contribution in [2.24, 2.45) is 0 Å². The summed E-state index contributed by atoms with van der Waals surface area (Å²) in [4.78, 5) is 17.3. The molecule has 1 aromatic carbocycles. The van der Waals surface area contributed by atoms with E-state index in [-0.39, 0.29) is 10.5 Å². The Hall–Kier alpha value is -2.80. The van der Waals surface area contributed by atoms with Crippen molar-refractivity contribution in [3.63, 3.8) is 0 Å². The zero-order valence-corrected chi connectivity index (χ0v) is 19.5. The van der Waals surface area contributed by atoms with Crippen LogP contribution in [-0.2, 0) is 27.1 Å². The summed E-state index contributed by atoms with van der Waals surface area (Å²) < 4.78 is 35.7. The van der Waals surface area contributed by atoms with Gasteiger partial charge < -0.3 is 4.74 Å². The smallest absolute Gasteiger partial charge is 0.262 e. The van der Waals surface area contributed by atoms with Crippen molar-refractivity contribution in [1.29, 1.82) is 0 Å². The normalized spacial score (nSPS) is 15.4. The molecule has 1 saturated heterocycles. The molecule has 0 unspecified atom stereocenters. The van der Waals surface area contributed by atoms with E-state index in [1.54, 1.807) is 22.8 Å². The monoisotopic (exact) mass is 486 g/mol. The summed E-state index contributed by atoms with van der Waals surface area (Å²) >= 11 is 1.42. The molecule has 5 rings (SSSR count). The molecule has 1 aliphatic rings. The van der Waals surface area contributed by atoms with E-state index in [1.807, 2.05) is 29.5 Å². The maximum atomic E-state index is 12.8. The molecule has 0 saturated carbocycles. The number of hydrogen-bond donors (Lipinski definition) is 0. The number of nitrogens with zero attached hydrogens (tertiary/aromatic N) is 6. The van der Waals surface area contributed by atoms with E-state index in [9.17, 15) is 13.2 Å². The van der Waals surface area contributed by atoms with Crippen molar-refractivity contribution < 1.29 is 13.2 Å². The van der Waals surface area contributed by atoms with Gasteiger partial charge in [-0.05, 0) is 31.2 Å². The van der Waals surface area contributed by atoms with Gasteiger partial charge in [0.1, 0.15) is 10.7 Å². The molecule has 12 heteroatoms. The number of aryl methyl sites for hydroxylation is 1. The molecule has 3 aromatic heterocycles. The highest BCUT2D eigenvalue weighted by Gasteiger charge is 2.26. The summed E-state index contributed by atoms with van der Waals surface area (Å²) in [5.41, 5.74) is 0.661. The second-order valence-corrected chi connectivity index (χ2v) is 10.4. The minimum atomic E-state index is -3.58. The molecule has 0 atom stereocenters. The van der Waals surface area contributed by atoms with Crippen molar-refractivity contribution in [3.8, 4) is 0 Å². The molecule has 0 aliphatic carbocycles. The predicted octanol–water partition coefficient (Wildman–Crippen LogP) is 1.77. The third kappa shape index (κ3) is 3.92. The molecular formula is C21H22N6O4S2. The fourth-order valence-corrected chi connectivity index (χ4v) is 5.98. The van der Waals surface area contributed by atoms with Gasteiger partial charge in [0.15, 0.2) is 0 Å². The van der Waals surface area contributed by atoms with Gasteiger partial charge in [0.05, 0.1) is 34.9 Å². The molecule has 172 valence electrons. The third-order valence-electron chi connectivity index (χ3n) is 5.56. The van der Waals surface area contributed by atoms with Crippen LogP contribution in [0.25, 0.3) is 16.7 Å². The molecule has 0 radical (unpaired) electrons. The van der Waals surface area contributed by atoms with Gasteiger partial charge >= 0.3 is 0 Å². The van der Waals surface area contributed by atoms with E-state index in [2.05, 4.69) is 15.2 Å². The number of morpholine rings is 1. The molecule has 10 nitrogen and oxygen atoms in total. The van der Waals surface area contributed by atoms with Crippen LogP contribution in [0, 0.1) is 0 Å². The Bertz CT molecular complexity index is 1470. The lowest BCUT2D eigenvalue weighted by Crippen LogP contribution is -2.40. The van der Waals surface area contributed by atoms with Crippen LogP contribution < -0.4 is 5.56 Å². The van der Waals surface area contributed by atoms with E-state index < -0.39 is 10.0 Å². The Morgan fingerprint density at radius 3 is 2.61 bits per heavy atom. The van der Waals surface area contributed by atoms with Gasteiger partial charge in [-0.2, -0.15) is 4.31 Å². The molecule has 0 spiro atoms. The third-order valence-corrected chi connectivity index (χ3v) is 8.38. The second kappa shape index (κ2) is 8.86. The molecular weight excluding hydrogens is 464 g/mol. The number of hydrogen-bond acceptors (Lipinski definition) is 8. The fourth-order valence-electron chi connectivity index (χ4n) is 3.87. The van der Waals surface area contributed by atoms with Crippen molar-refractivity contribution in [1.82, 2.24) is 28.5 Å². The maximum Gasteiger partial charge on any atom is 0.262 e. The standard InChI is InChI=1S/C21H22N6O4S2/c1-2-26-20(28)16-5-3-4-6-17(16)27-18(23-24-21(26)27)14-32-19-8-7-15(13-22-19)33(29,30)25-9-11-31-12-10-25/h3-8,13H,2,9-12,14H2,1H3. The molecule has 4 aromatic rings. The van der Waals surface area contributed by atoms with Crippen LogP contribution >= 0.6 is 11.8 Å². The molecule has 1 fully saturated rings. The molecule has 0 N–H and O–H groups in total. The number of aromatic nitrogens is 5. The second-order valence-electron chi connectivity index (χ2n) is 7.46. The predicted molar refractivity (Wildman–Crippen MR) is 124 cm³/mol. The van der Waals surface area contributed by atoms with Crippen LogP contribution in [0.5, 0.6) is 0 Å². The van der Waals surface area contributed by atoms with Gasteiger partial charge in [-0.1, -0.05) is 23.9 Å². The quantitative estimate of drug-likeness (QED) is 0.379. The summed E-state index contributed by atoms with van der Waals surface area (Å²) in [6.07, 6.45) is 1.39. The number of pyridine rings is 1. The number of benzene rings is 1. The number of thioether (sulfide) groups is 1. The first-order valence-corrected chi connectivity index (χ1v) is 13.0. The Labute approximate surface area is 194 Å². The number of fused-ring (bicyclic) bond motifs is 3. The van der Waals surface area contributed by atoms with Crippen molar-refractivity contribution in [2.45, 2.75) is 29.1 Å². The number of para-hydroxylation sites is 1. The van der Waals surface area contributed by atoms with E-state index in [1.165, 1.54) is 22.3 Å². The van der Waals surface area contributed by atoms with Crippen LogP contribution in [0.15, 0.2) is 57.3 Å². The summed E-state index contributed by atoms with van der Waals surface area (Å²) in [5.74, 6) is 1.63. The van der Waals surface area contributed by atoms with Gasteiger partial charge in [0.2, 0.25) is 15.8 Å². The number of sulfonamides is 1. The lowest BCUT2D eigenvalue weighted by atomic mass is 10.2. The zero-order valence-electron chi connectivity index (χ0n) is 17.9. The van der Waals surface area contributed by atoms with E-state index in [4.69, 9.17) is 4.74 Å². The highest BCUT2D eigenvalue weighted by atomic mass is 32.2. The number of ether oxygens (including phenoxy) is 1. The lowest BCUT2D eigenvalue weighted by molar-refractivity contribution is 0.0730. The first-order valence-electron chi connectivity index (χ1n) is 10.5. The first-order chi connectivity index (χ1) is 16.0. The molecule has 4 heterocycles. The molecule has 0 bridgehead atoms. The van der Waals surface area contributed by atoms with Crippen molar-refractivity contribution >= 4 is 38.5 Å². The van der Waals surface area contributed by atoms with Crippen LogP contribution in [0.1, 0.15) is 12.7 Å². The Morgan fingerprint density at radius 1 is 1.09 bits per heavy atom. The van der Waals surface area contributed by atoms with Gasteiger partial charge in [-0.25, -0.2) is 13.4 Å². The van der Waals surface area contributed by atoms with Gasteiger partial charge in [0, 0.05) is 25.8 Å². The van der Waals surface area contributed by atoms with E-state index >= 15 is 0 Å². The minimum Gasteiger partial charge on any atom is -0.379 e. The average molecular weight is 487 g/mol. The largest absolute Gasteiger partial charge is 0.379 e. The Balaban J connectivity index is 1.42. The van der Waals surface area contributed by atoms with Gasteiger partial charge in [0.25, 0.3) is 5.56 Å². The lowest BCUT2D eigenvalue weighted by Gasteiger charge is -2.25. The highest BCUT2D eigenvalue weighted by Crippen LogP contribution is 2.24. The topological polar surface area (TPSA) is 112 Å². The maximum absolute atomic E-state index is 12.8. The summed E-state index contributed by atoms with van der Waals surface area (Å²) in [7, 11) is -3.58. The molecule has 0 amide bonds. The summed E-state index contributed by atoms with van der Waals surface area (Å²) in [6.45, 7) is 3.86. The van der Waals surface area contributed by atoms with Gasteiger partial charge in [-0.3, -0.25) is 13.8 Å². The molecule has 1 aliphatic heterocycles. The molecule has 33 heavy (non-hydrogen) atoms. The Kier molecular flexibility index (Phi) is 5.91. The van der Waals surface area contributed by atoms with Crippen LogP contribution in [0.3, 0.4) is 0 Å². The highest BCUT2D eigenvalue weighted by molar-refractivity contribution is 7.98. The van der Waals surface area contributed by atoms with Gasteiger partial charge in [-0.15, -0.1) is 10.2 Å². The number of rotatable bonds is 6. The summed E-state index contributed by atoms with van der Waals surface area (Å²) in [6, 6.07) is 10.7. The van der Waals surface area contributed by atoms with Crippen LogP contribution in [0.4, 0.5) is 0 Å². The zero-order chi connectivity index (χ0) is 23.0. The Morgan fingerprint density at radius 2 is 1.88 bits per heavy atom. The van der Waals surface area contributed by atoms with E-state index in [0.717, 1.165) is 5.52 Å². The van der Waals surface area contributed by atoms with Crippen molar-refractivity contribution in [3.05, 3.63) is 58.8 Å². The van der Waals surface area contributed by atoms with E-state index in [0.29, 0.717) is 60.6 Å². The summed E-state index contributed by atoms with van der Waals surface area (Å²) in [5, 5.41) is 9.85. The average Bonchev–Trinajstić information content (AvgIpc) is 3.28. The van der Waals surface area contributed by atoms with Crippen LogP contribution in [0.2, 0.25) is 0 Å². The van der Waals surface area contributed by atoms with Crippen LogP contribution in [-0.4, -0.2) is 63.2 Å².